The number of hydrogen-bond donors (Lipinski definition) is 1. The minimum Gasteiger partial charge on any atom is -0.454 e. The first-order chi connectivity index (χ1) is 8.47. The van der Waals surface area contributed by atoms with Gasteiger partial charge in [0.05, 0.1) is 10.0 Å². The second-order valence-electron chi connectivity index (χ2n) is 3.83. The zero-order valence-electron chi connectivity index (χ0n) is 9.51. The van der Waals surface area contributed by atoms with Crippen LogP contribution in [-0.4, -0.2) is 0 Å². The van der Waals surface area contributed by atoms with Gasteiger partial charge in [0.15, 0.2) is 5.75 Å². The SMILES string of the molecule is Cc1ccc(Oc2c(Cl)cc(N)cc2Cl)cc1F. The predicted molar refractivity (Wildman–Crippen MR) is 72.1 cm³/mol. The van der Waals surface area contributed by atoms with Gasteiger partial charge < -0.3 is 10.5 Å². The highest BCUT2D eigenvalue weighted by atomic mass is 35.5. The Morgan fingerprint density at radius 3 is 2.28 bits per heavy atom. The lowest BCUT2D eigenvalue weighted by Gasteiger charge is -2.10. The van der Waals surface area contributed by atoms with E-state index in [0.29, 0.717) is 17.0 Å². The van der Waals surface area contributed by atoms with Crippen molar-refractivity contribution in [2.45, 2.75) is 6.92 Å². The van der Waals surface area contributed by atoms with Gasteiger partial charge in [-0.15, -0.1) is 0 Å². The topological polar surface area (TPSA) is 35.2 Å². The van der Waals surface area contributed by atoms with Crippen LogP contribution in [0, 0.1) is 12.7 Å². The number of ether oxygens (including phenoxy) is 1. The number of nitrogens with two attached hydrogens (primary N) is 1. The van der Waals surface area contributed by atoms with Crippen molar-refractivity contribution in [3.05, 3.63) is 51.8 Å². The summed E-state index contributed by atoms with van der Waals surface area (Å²) >= 11 is 11.9. The molecular formula is C13H10Cl2FNO. The molecule has 0 amide bonds. The predicted octanol–water partition coefficient (Wildman–Crippen LogP) is 4.82. The largest absolute Gasteiger partial charge is 0.454 e. The molecule has 2 aromatic rings. The summed E-state index contributed by atoms with van der Waals surface area (Å²) in [4.78, 5) is 0. The van der Waals surface area contributed by atoms with E-state index in [1.165, 1.54) is 18.2 Å². The molecule has 0 aliphatic rings. The van der Waals surface area contributed by atoms with Gasteiger partial charge in [0.25, 0.3) is 0 Å². The summed E-state index contributed by atoms with van der Waals surface area (Å²) in [6.07, 6.45) is 0. The first kappa shape index (κ1) is 13.0. The summed E-state index contributed by atoms with van der Waals surface area (Å²) in [7, 11) is 0. The molecule has 2 aromatic carbocycles. The minimum atomic E-state index is -0.352. The molecular weight excluding hydrogens is 276 g/mol. The fraction of sp³-hybridized carbons (Fsp3) is 0.0769. The molecule has 0 radical (unpaired) electrons. The van der Waals surface area contributed by atoms with Gasteiger partial charge in [0, 0.05) is 11.8 Å². The van der Waals surface area contributed by atoms with Gasteiger partial charge in [-0.1, -0.05) is 29.3 Å². The van der Waals surface area contributed by atoms with Crippen LogP contribution in [0.25, 0.3) is 0 Å². The standard InChI is InChI=1S/C13H10Cl2FNO/c1-7-2-3-9(6-12(7)16)18-13-10(14)4-8(17)5-11(13)15/h2-6H,17H2,1H3. The summed E-state index contributed by atoms with van der Waals surface area (Å²) in [5.74, 6) is 0.234. The van der Waals surface area contributed by atoms with Crippen molar-refractivity contribution in [1.29, 1.82) is 0 Å². The highest BCUT2D eigenvalue weighted by Gasteiger charge is 2.10. The van der Waals surface area contributed by atoms with E-state index in [0.717, 1.165) is 0 Å². The monoisotopic (exact) mass is 285 g/mol. The maximum absolute atomic E-state index is 13.4. The molecule has 0 bridgehead atoms. The Kier molecular flexibility index (Phi) is 3.64. The molecule has 5 heteroatoms. The Morgan fingerprint density at radius 2 is 1.72 bits per heavy atom. The zero-order valence-corrected chi connectivity index (χ0v) is 11.0. The highest BCUT2D eigenvalue weighted by Crippen LogP contribution is 2.38. The molecule has 0 aliphatic heterocycles. The molecule has 0 atom stereocenters. The van der Waals surface area contributed by atoms with E-state index in [1.807, 2.05) is 0 Å². The van der Waals surface area contributed by atoms with Crippen LogP contribution in [-0.2, 0) is 0 Å². The van der Waals surface area contributed by atoms with E-state index < -0.39 is 0 Å². The quantitative estimate of drug-likeness (QED) is 0.803. The van der Waals surface area contributed by atoms with Crippen LogP contribution < -0.4 is 10.5 Å². The molecule has 2 N–H and O–H groups in total. The van der Waals surface area contributed by atoms with Gasteiger partial charge in [0.2, 0.25) is 0 Å². The summed E-state index contributed by atoms with van der Waals surface area (Å²) in [6.45, 7) is 1.67. The van der Waals surface area contributed by atoms with Crippen LogP contribution in [0.5, 0.6) is 11.5 Å². The Labute approximate surface area is 114 Å². The average molecular weight is 286 g/mol. The first-order valence-electron chi connectivity index (χ1n) is 5.16. The normalized spacial score (nSPS) is 10.4. The smallest absolute Gasteiger partial charge is 0.164 e. The summed E-state index contributed by atoms with van der Waals surface area (Å²) < 4.78 is 18.9. The highest BCUT2D eigenvalue weighted by molar-refractivity contribution is 6.37. The lowest BCUT2D eigenvalue weighted by atomic mass is 10.2. The Hall–Kier alpha value is -1.45. The van der Waals surface area contributed by atoms with E-state index in [1.54, 1.807) is 19.1 Å². The minimum absolute atomic E-state index is 0.260. The average Bonchev–Trinajstić information content (AvgIpc) is 2.28. The van der Waals surface area contributed by atoms with Gasteiger partial charge in [-0.25, -0.2) is 4.39 Å². The van der Waals surface area contributed by atoms with Crippen molar-refractivity contribution in [3.8, 4) is 11.5 Å². The maximum atomic E-state index is 13.4. The lowest BCUT2D eigenvalue weighted by molar-refractivity contribution is 0.476. The second kappa shape index (κ2) is 5.04. The fourth-order valence-corrected chi connectivity index (χ4v) is 2.01. The van der Waals surface area contributed by atoms with E-state index in [4.69, 9.17) is 33.7 Å². The van der Waals surface area contributed by atoms with Crippen molar-refractivity contribution < 1.29 is 9.13 Å². The van der Waals surface area contributed by atoms with Gasteiger partial charge in [-0.2, -0.15) is 0 Å². The molecule has 0 aromatic heterocycles. The molecule has 0 unspecified atom stereocenters. The van der Waals surface area contributed by atoms with Crippen molar-refractivity contribution in [2.75, 3.05) is 5.73 Å². The third-order valence-corrected chi connectivity index (χ3v) is 2.95. The Morgan fingerprint density at radius 1 is 1.11 bits per heavy atom. The van der Waals surface area contributed by atoms with Crippen LogP contribution in [0.15, 0.2) is 30.3 Å². The van der Waals surface area contributed by atoms with E-state index >= 15 is 0 Å². The van der Waals surface area contributed by atoms with Crippen molar-refractivity contribution >= 4 is 28.9 Å². The van der Waals surface area contributed by atoms with Crippen LogP contribution >= 0.6 is 23.2 Å². The Balaban J connectivity index is 2.37. The van der Waals surface area contributed by atoms with Crippen molar-refractivity contribution in [1.82, 2.24) is 0 Å². The second-order valence-corrected chi connectivity index (χ2v) is 4.64. The molecule has 18 heavy (non-hydrogen) atoms. The molecule has 0 saturated heterocycles. The maximum Gasteiger partial charge on any atom is 0.164 e. The van der Waals surface area contributed by atoms with Gasteiger partial charge in [-0.05, 0) is 30.7 Å². The summed E-state index contributed by atoms with van der Waals surface area (Å²) in [6, 6.07) is 7.57. The van der Waals surface area contributed by atoms with Crippen molar-refractivity contribution in [3.63, 3.8) is 0 Å². The van der Waals surface area contributed by atoms with Gasteiger partial charge in [-0.3, -0.25) is 0 Å². The number of halogens is 3. The Bertz CT molecular complexity index is 579. The molecule has 94 valence electrons. The third kappa shape index (κ3) is 2.68. The number of aryl methyl sites for hydroxylation is 1. The summed E-state index contributed by atoms with van der Waals surface area (Å²) in [5, 5.41) is 0.557. The molecule has 2 rings (SSSR count). The fourth-order valence-electron chi connectivity index (χ4n) is 1.43. The van der Waals surface area contributed by atoms with Crippen LogP contribution in [0.4, 0.5) is 10.1 Å². The van der Waals surface area contributed by atoms with E-state index in [2.05, 4.69) is 0 Å². The number of rotatable bonds is 2. The summed E-state index contributed by atoms with van der Waals surface area (Å²) in [5.41, 5.74) is 6.56. The molecule has 0 spiro atoms. The number of hydrogen-bond acceptors (Lipinski definition) is 2. The third-order valence-electron chi connectivity index (χ3n) is 2.38. The van der Waals surface area contributed by atoms with E-state index in [9.17, 15) is 4.39 Å². The van der Waals surface area contributed by atoms with Crippen LogP contribution in [0.3, 0.4) is 0 Å². The molecule has 2 nitrogen and oxygen atoms in total. The van der Waals surface area contributed by atoms with E-state index in [-0.39, 0.29) is 21.6 Å². The lowest BCUT2D eigenvalue weighted by Crippen LogP contribution is -1.91. The molecule has 0 aliphatic carbocycles. The first-order valence-corrected chi connectivity index (χ1v) is 5.91. The molecule has 0 fully saturated rings. The van der Waals surface area contributed by atoms with Crippen LogP contribution in [0.1, 0.15) is 5.56 Å². The van der Waals surface area contributed by atoms with Gasteiger partial charge in [0.1, 0.15) is 11.6 Å². The van der Waals surface area contributed by atoms with Crippen LogP contribution in [0.2, 0.25) is 10.0 Å². The number of nitrogen functional groups attached to an aromatic ring is 1. The van der Waals surface area contributed by atoms with Gasteiger partial charge >= 0.3 is 0 Å². The zero-order chi connectivity index (χ0) is 13.3. The number of anilines is 1. The van der Waals surface area contributed by atoms with Crippen molar-refractivity contribution in [2.24, 2.45) is 0 Å². The molecule has 0 saturated carbocycles. The molecule has 0 heterocycles. The number of benzene rings is 2.